The minimum atomic E-state index is -0.911. The summed E-state index contributed by atoms with van der Waals surface area (Å²) in [4.78, 5) is 26.7. The standard InChI is InChI=1S/C13H24N2O3/c1-9(2)5-6-15-8-10(3)14(4)13(18)11(15)7-12(16)17/h9-11H,5-8H2,1-4H3,(H,16,17). The first-order valence-electron chi connectivity index (χ1n) is 6.55. The molecule has 0 saturated carbocycles. The molecular formula is C13H24N2O3. The third-order valence-electron chi connectivity index (χ3n) is 3.59. The van der Waals surface area contributed by atoms with E-state index in [1.807, 2.05) is 11.8 Å². The highest BCUT2D eigenvalue weighted by Gasteiger charge is 2.37. The highest BCUT2D eigenvalue weighted by atomic mass is 16.4. The SMILES string of the molecule is CC(C)CCN1CC(C)N(C)C(=O)C1CC(=O)O. The van der Waals surface area contributed by atoms with Crippen LogP contribution in [0.25, 0.3) is 0 Å². The maximum absolute atomic E-state index is 12.1. The van der Waals surface area contributed by atoms with Crippen LogP contribution < -0.4 is 0 Å². The van der Waals surface area contributed by atoms with Gasteiger partial charge in [0.15, 0.2) is 0 Å². The van der Waals surface area contributed by atoms with E-state index < -0.39 is 12.0 Å². The summed E-state index contributed by atoms with van der Waals surface area (Å²) < 4.78 is 0. The van der Waals surface area contributed by atoms with Gasteiger partial charge in [-0.1, -0.05) is 13.8 Å². The minimum absolute atomic E-state index is 0.0695. The van der Waals surface area contributed by atoms with Crippen molar-refractivity contribution in [2.45, 2.75) is 45.7 Å². The van der Waals surface area contributed by atoms with Crippen molar-refractivity contribution >= 4 is 11.9 Å². The first-order valence-corrected chi connectivity index (χ1v) is 6.55. The molecule has 1 N–H and O–H groups in total. The Bertz CT molecular complexity index is 317. The van der Waals surface area contributed by atoms with Gasteiger partial charge in [0, 0.05) is 19.6 Å². The van der Waals surface area contributed by atoms with Gasteiger partial charge in [0.05, 0.1) is 12.5 Å². The van der Waals surface area contributed by atoms with E-state index in [1.165, 1.54) is 0 Å². The summed E-state index contributed by atoms with van der Waals surface area (Å²) in [5.74, 6) is -0.425. The van der Waals surface area contributed by atoms with Crippen molar-refractivity contribution < 1.29 is 14.7 Å². The molecule has 0 aromatic heterocycles. The highest BCUT2D eigenvalue weighted by molar-refractivity contribution is 5.86. The van der Waals surface area contributed by atoms with E-state index in [0.717, 1.165) is 19.5 Å². The van der Waals surface area contributed by atoms with Gasteiger partial charge in [-0.3, -0.25) is 14.5 Å². The van der Waals surface area contributed by atoms with Crippen LogP contribution in [-0.2, 0) is 9.59 Å². The average Bonchev–Trinajstić information content (AvgIpc) is 2.27. The molecule has 1 amide bonds. The second kappa shape index (κ2) is 6.18. The molecule has 1 saturated heterocycles. The summed E-state index contributed by atoms with van der Waals surface area (Å²) in [7, 11) is 1.75. The fourth-order valence-corrected chi connectivity index (χ4v) is 2.25. The quantitative estimate of drug-likeness (QED) is 0.798. The Morgan fingerprint density at radius 2 is 2.11 bits per heavy atom. The van der Waals surface area contributed by atoms with Gasteiger partial charge in [-0.15, -0.1) is 0 Å². The van der Waals surface area contributed by atoms with E-state index in [1.54, 1.807) is 11.9 Å². The molecule has 0 spiro atoms. The van der Waals surface area contributed by atoms with Gasteiger partial charge >= 0.3 is 5.97 Å². The maximum Gasteiger partial charge on any atom is 0.305 e. The molecule has 2 atom stereocenters. The molecule has 5 nitrogen and oxygen atoms in total. The molecule has 0 radical (unpaired) electrons. The number of rotatable bonds is 5. The van der Waals surface area contributed by atoms with Crippen LogP contribution in [0.1, 0.15) is 33.6 Å². The van der Waals surface area contributed by atoms with E-state index in [-0.39, 0.29) is 18.4 Å². The molecule has 0 aromatic carbocycles. The number of nitrogens with zero attached hydrogens (tertiary/aromatic N) is 2. The fraction of sp³-hybridized carbons (Fsp3) is 0.846. The number of likely N-dealkylation sites (N-methyl/N-ethyl adjacent to an activating group) is 1. The topological polar surface area (TPSA) is 60.9 Å². The van der Waals surface area contributed by atoms with Crippen molar-refractivity contribution in [1.29, 1.82) is 0 Å². The lowest BCUT2D eigenvalue weighted by atomic mass is 10.0. The molecule has 0 aliphatic carbocycles. The molecule has 2 unspecified atom stereocenters. The average molecular weight is 256 g/mol. The smallest absolute Gasteiger partial charge is 0.305 e. The Kier molecular flexibility index (Phi) is 5.14. The van der Waals surface area contributed by atoms with Crippen molar-refractivity contribution in [2.75, 3.05) is 20.1 Å². The third-order valence-corrected chi connectivity index (χ3v) is 3.59. The van der Waals surface area contributed by atoms with E-state index in [4.69, 9.17) is 5.11 Å². The molecule has 18 heavy (non-hydrogen) atoms. The number of carboxylic acids is 1. The second-order valence-corrected chi connectivity index (χ2v) is 5.59. The number of hydrogen-bond acceptors (Lipinski definition) is 3. The van der Waals surface area contributed by atoms with Gasteiger partial charge in [0.2, 0.25) is 5.91 Å². The number of carbonyl (C=O) groups is 2. The lowest BCUT2D eigenvalue weighted by Gasteiger charge is -2.42. The van der Waals surface area contributed by atoms with Crippen LogP contribution in [0.3, 0.4) is 0 Å². The monoisotopic (exact) mass is 256 g/mol. The second-order valence-electron chi connectivity index (χ2n) is 5.59. The van der Waals surface area contributed by atoms with Gasteiger partial charge in [-0.05, 0) is 25.8 Å². The number of amides is 1. The van der Waals surface area contributed by atoms with E-state index in [2.05, 4.69) is 13.8 Å². The molecule has 1 fully saturated rings. The molecule has 5 heteroatoms. The zero-order valence-corrected chi connectivity index (χ0v) is 11.7. The lowest BCUT2D eigenvalue weighted by Crippen LogP contribution is -2.60. The number of carbonyl (C=O) groups excluding carboxylic acids is 1. The molecule has 104 valence electrons. The molecular weight excluding hydrogens is 232 g/mol. The summed E-state index contributed by atoms with van der Waals surface area (Å²) in [6.07, 6.45) is 0.883. The Morgan fingerprint density at radius 3 is 2.61 bits per heavy atom. The van der Waals surface area contributed by atoms with Crippen molar-refractivity contribution in [3.8, 4) is 0 Å². The van der Waals surface area contributed by atoms with Gasteiger partial charge in [-0.25, -0.2) is 0 Å². The predicted octanol–water partition coefficient (Wildman–Crippen LogP) is 1.04. The first-order chi connectivity index (χ1) is 8.32. The minimum Gasteiger partial charge on any atom is -0.481 e. The Morgan fingerprint density at radius 1 is 1.50 bits per heavy atom. The fourth-order valence-electron chi connectivity index (χ4n) is 2.25. The van der Waals surface area contributed by atoms with Crippen molar-refractivity contribution in [1.82, 2.24) is 9.80 Å². The summed E-state index contributed by atoms with van der Waals surface area (Å²) in [6.45, 7) is 7.81. The molecule has 0 bridgehead atoms. The third kappa shape index (κ3) is 3.70. The van der Waals surface area contributed by atoms with Crippen LogP contribution in [0.4, 0.5) is 0 Å². The summed E-state index contributed by atoms with van der Waals surface area (Å²) in [5.41, 5.74) is 0. The Labute approximate surface area is 109 Å². The van der Waals surface area contributed by atoms with Gasteiger partial charge in [0.25, 0.3) is 0 Å². The van der Waals surface area contributed by atoms with Crippen LogP contribution in [-0.4, -0.2) is 59.0 Å². The number of piperazine rings is 1. The molecule has 1 rings (SSSR count). The number of hydrogen-bond donors (Lipinski definition) is 1. The molecule has 1 aliphatic rings. The van der Waals surface area contributed by atoms with Gasteiger partial charge in [-0.2, -0.15) is 0 Å². The molecule has 0 aromatic rings. The predicted molar refractivity (Wildman–Crippen MR) is 69.3 cm³/mol. The van der Waals surface area contributed by atoms with Gasteiger partial charge in [0.1, 0.15) is 0 Å². The molecule has 1 heterocycles. The summed E-state index contributed by atoms with van der Waals surface area (Å²) in [5, 5.41) is 8.93. The largest absolute Gasteiger partial charge is 0.481 e. The Hall–Kier alpha value is -1.10. The van der Waals surface area contributed by atoms with Crippen LogP contribution in [0.15, 0.2) is 0 Å². The zero-order valence-electron chi connectivity index (χ0n) is 11.7. The van der Waals surface area contributed by atoms with E-state index >= 15 is 0 Å². The lowest BCUT2D eigenvalue weighted by molar-refractivity contribution is -0.150. The van der Waals surface area contributed by atoms with Crippen molar-refractivity contribution in [3.05, 3.63) is 0 Å². The van der Waals surface area contributed by atoms with Crippen molar-refractivity contribution in [2.24, 2.45) is 5.92 Å². The maximum atomic E-state index is 12.1. The van der Waals surface area contributed by atoms with Crippen LogP contribution in [0.5, 0.6) is 0 Å². The van der Waals surface area contributed by atoms with Crippen LogP contribution >= 0.6 is 0 Å². The van der Waals surface area contributed by atoms with E-state index in [0.29, 0.717) is 5.92 Å². The van der Waals surface area contributed by atoms with E-state index in [9.17, 15) is 9.59 Å². The first kappa shape index (κ1) is 15.0. The van der Waals surface area contributed by atoms with Gasteiger partial charge < -0.3 is 10.0 Å². The zero-order chi connectivity index (χ0) is 13.9. The number of aliphatic carboxylic acids is 1. The van der Waals surface area contributed by atoms with Crippen molar-refractivity contribution in [3.63, 3.8) is 0 Å². The number of carboxylic acid groups (broad SMARTS) is 1. The normalized spacial score (nSPS) is 25.8. The summed E-state index contributed by atoms with van der Waals surface area (Å²) >= 11 is 0. The van der Waals surface area contributed by atoms with Crippen LogP contribution in [0, 0.1) is 5.92 Å². The van der Waals surface area contributed by atoms with Crippen LogP contribution in [0.2, 0.25) is 0 Å². The summed E-state index contributed by atoms with van der Waals surface area (Å²) in [6, 6.07) is -0.350. The molecule has 1 aliphatic heterocycles. The highest BCUT2D eigenvalue weighted by Crippen LogP contribution is 2.19. The Balaban J connectivity index is 2.75.